The molecule has 2 aromatic rings. The summed E-state index contributed by atoms with van der Waals surface area (Å²) in [5.41, 5.74) is 1.71. The smallest absolute Gasteiger partial charge is 0.326 e. The van der Waals surface area contributed by atoms with Crippen molar-refractivity contribution < 1.29 is 14.7 Å². The number of carboxylic acid groups (broad SMARTS) is 1. The molecule has 0 radical (unpaired) electrons. The summed E-state index contributed by atoms with van der Waals surface area (Å²) in [6, 6.07) is 6.56. The van der Waals surface area contributed by atoms with Crippen LogP contribution in [0.4, 0.5) is 0 Å². The molecule has 0 saturated carbocycles. The second-order valence-electron chi connectivity index (χ2n) is 5.58. The van der Waals surface area contributed by atoms with E-state index in [1.54, 1.807) is 31.6 Å². The first-order chi connectivity index (χ1) is 10.8. The Morgan fingerprint density at radius 2 is 1.87 bits per heavy atom. The summed E-state index contributed by atoms with van der Waals surface area (Å²) >= 11 is 3.37. The molecule has 1 heterocycles. The van der Waals surface area contributed by atoms with E-state index in [4.69, 9.17) is 0 Å². The summed E-state index contributed by atoms with van der Waals surface area (Å²) in [6.45, 7) is 5.21. The van der Waals surface area contributed by atoms with Crippen LogP contribution in [0.15, 0.2) is 34.9 Å². The van der Waals surface area contributed by atoms with Gasteiger partial charge in [-0.2, -0.15) is 5.10 Å². The predicted octanol–water partition coefficient (Wildman–Crippen LogP) is 2.78. The third-order valence-electron chi connectivity index (χ3n) is 3.45. The van der Waals surface area contributed by atoms with Crippen molar-refractivity contribution in [1.82, 2.24) is 15.1 Å². The van der Waals surface area contributed by atoms with Gasteiger partial charge in [0.2, 0.25) is 0 Å². The normalized spacial score (nSPS) is 12.2. The quantitative estimate of drug-likeness (QED) is 0.836. The van der Waals surface area contributed by atoms with Gasteiger partial charge in [0.05, 0.1) is 16.9 Å². The summed E-state index contributed by atoms with van der Waals surface area (Å²) in [5, 5.41) is 16.0. The molecule has 1 aromatic carbocycles. The summed E-state index contributed by atoms with van der Waals surface area (Å²) in [4.78, 5) is 23.6. The van der Waals surface area contributed by atoms with Crippen LogP contribution < -0.4 is 5.32 Å². The zero-order valence-electron chi connectivity index (χ0n) is 13.1. The predicted molar refractivity (Wildman–Crippen MR) is 89.7 cm³/mol. The van der Waals surface area contributed by atoms with Gasteiger partial charge in [-0.25, -0.2) is 9.48 Å². The molecule has 6 nitrogen and oxygen atoms in total. The number of carboxylic acids is 1. The Hall–Kier alpha value is -2.15. The van der Waals surface area contributed by atoms with Gasteiger partial charge in [0.1, 0.15) is 6.04 Å². The number of benzene rings is 1. The SMILES string of the molecule is Cc1nn(-c2ccc(Br)cc2)cc1C(=O)N[C@H](C(=O)O)C(C)C. The first kappa shape index (κ1) is 17.2. The topological polar surface area (TPSA) is 84.2 Å². The average molecular weight is 380 g/mol. The highest BCUT2D eigenvalue weighted by Gasteiger charge is 2.25. The number of aromatic nitrogens is 2. The van der Waals surface area contributed by atoms with E-state index < -0.39 is 17.9 Å². The highest BCUT2D eigenvalue weighted by Crippen LogP contribution is 2.16. The standard InChI is InChI=1S/C16H18BrN3O3/c1-9(2)14(16(22)23)18-15(21)13-8-20(19-10(13)3)12-6-4-11(17)5-7-12/h4-9,14H,1-3H3,(H,18,21)(H,22,23)/t14-/m0/s1. The zero-order chi connectivity index (χ0) is 17.1. The average Bonchev–Trinajstić information content (AvgIpc) is 2.86. The van der Waals surface area contributed by atoms with Crippen LogP contribution in [0.25, 0.3) is 5.69 Å². The van der Waals surface area contributed by atoms with Crippen LogP contribution in [0.1, 0.15) is 29.9 Å². The number of aryl methyl sites for hydroxylation is 1. The van der Waals surface area contributed by atoms with Gasteiger partial charge in [-0.1, -0.05) is 29.8 Å². The van der Waals surface area contributed by atoms with Gasteiger partial charge in [-0.05, 0) is 37.1 Å². The molecule has 23 heavy (non-hydrogen) atoms. The van der Waals surface area contributed by atoms with Crippen molar-refractivity contribution in [2.24, 2.45) is 5.92 Å². The lowest BCUT2D eigenvalue weighted by molar-refractivity contribution is -0.140. The van der Waals surface area contributed by atoms with Crippen molar-refractivity contribution in [2.75, 3.05) is 0 Å². The van der Waals surface area contributed by atoms with Gasteiger partial charge in [0.25, 0.3) is 5.91 Å². The number of halogens is 1. The Bertz CT molecular complexity index is 723. The summed E-state index contributed by atoms with van der Waals surface area (Å²) in [7, 11) is 0. The van der Waals surface area contributed by atoms with E-state index in [0.29, 0.717) is 11.3 Å². The largest absolute Gasteiger partial charge is 0.480 e. The number of carbonyl (C=O) groups is 2. The third-order valence-corrected chi connectivity index (χ3v) is 3.98. The van der Waals surface area contributed by atoms with Crippen LogP contribution in [0.3, 0.4) is 0 Å². The van der Waals surface area contributed by atoms with Crippen molar-refractivity contribution in [3.63, 3.8) is 0 Å². The van der Waals surface area contributed by atoms with Crippen molar-refractivity contribution in [3.05, 3.63) is 46.2 Å². The second kappa shape index (κ2) is 6.95. The molecule has 0 spiro atoms. The summed E-state index contributed by atoms with van der Waals surface area (Å²) < 4.78 is 2.55. The molecule has 0 bridgehead atoms. The van der Waals surface area contributed by atoms with Crippen LogP contribution in [-0.4, -0.2) is 32.8 Å². The molecule has 2 N–H and O–H groups in total. The van der Waals surface area contributed by atoms with Gasteiger partial charge in [0.15, 0.2) is 0 Å². The lowest BCUT2D eigenvalue weighted by Crippen LogP contribution is -2.44. The Labute approximate surface area is 142 Å². The van der Waals surface area contributed by atoms with E-state index in [1.807, 2.05) is 24.3 Å². The van der Waals surface area contributed by atoms with E-state index in [2.05, 4.69) is 26.3 Å². The van der Waals surface area contributed by atoms with Crippen LogP contribution in [-0.2, 0) is 4.79 Å². The second-order valence-corrected chi connectivity index (χ2v) is 6.50. The van der Waals surface area contributed by atoms with E-state index in [9.17, 15) is 14.7 Å². The van der Waals surface area contributed by atoms with E-state index >= 15 is 0 Å². The van der Waals surface area contributed by atoms with Gasteiger partial charge in [-0.15, -0.1) is 0 Å². The van der Waals surface area contributed by atoms with Gasteiger partial charge < -0.3 is 10.4 Å². The fourth-order valence-electron chi connectivity index (χ4n) is 2.14. The summed E-state index contributed by atoms with van der Waals surface area (Å²) in [6.07, 6.45) is 1.60. The van der Waals surface area contributed by atoms with Gasteiger partial charge in [0, 0.05) is 10.7 Å². The Morgan fingerprint density at radius 3 is 2.39 bits per heavy atom. The maximum absolute atomic E-state index is 12.3. The van der Waals surface area contributed by atoms with E-state index in [1.165, 1.54) is 0 Å². The molecule has 1 atom stereocenters. The van der Waals surface area contributed by atoms with Crippen LogP contribution in [0, 0.1) is 12.8 Å². The maximum Gasteiger partial charge on any atom is 0.326 e. The number of hydrogen-bond donors (Lipinski definition) is 2. The minimum Gasteiger partial charge on any atom is -0.480 e. The number of hydrogen-bond acceptors (Lipinski definition) is 3. The fourth-order valence-corrected chi connectivity index (χ4v) is 2.41. The lowest BCUT2D eigenvalue weighted by atomic mass is 10.0. The van der Waals surface area contributed by atoms with Crippen molar-refractivity contribution in [1.29, 1.82) is 0 Å². The van der Waals surface area contributed by atoms with Crippen molar-refractivity contribution in [3.8, 4) is 5.69 Å². The molecule has 1 amide bonds. The maximum atomic E-state index is 12.3. The number of carbonyl (C=O) groups excluding carboxylic acids is 1. The summed E-state index contributed by atoms with van der Waals surface area (Å²) in [5.74, 6) is -1.70. The Balaban J connectivity index is 2.25. The lowest BCUT2D eigenvalue weighted by Gasteiger charge is -2.17. The number of nitrogens with zero attached hydrogens (tertiary/aromatic N) is 2. The first-order valence-corrected chi connectivity index (χ1v) is 7.94. The van der Waals surface area contributed by atoms with Crippen molar-refractivity contribution >= 4 is 27.8 Å². The number of rotatable bonds is 5. The highest BCUT2D eigenvalue weighted by atomic mass is 79.9. The van der Waals surface area contributed by atoms with Gasteiger partial charge >= 0.3 is 5.97 Å². The van der Waals surface area contributed by atoms with Crippen LogP contribution in [0.2, 0.25) is 0 Å². The molecule has 7 heteroatoms. The molecular formula is C16H18BrN3O3. The molecule has 0 unspecified atom stereocenters. The van der Waals surface area contributed by atoms with Crippen molar-refractivity contribution in [2.45, 2.75) is 26.8 Å². The number of nitrogens with one attached hydrogen (secondary N) is 1. The molecule has 0 aliphatic carbocycles. The first-order valence-electron chi connectivity index (χ1n) is 7.15. The molecule has 2 rings (SSSR count). The minimum atomic E-state index is -1.05. The van der Waals surface area contributed by atoms with E-state index in [-0.39, 0.29) is 5.92 Å². The molecule has 1 aromatic heterocycles. The molecule has 0 aliphatic heterocycles. The monoisotopic (exact) mass is 379 g/mol. The molecular weight excluding hydrogens is 362 g/mol. The molecule has 122 valence electrons. The van der Waals surface area contributed by atoms with Gasteiger partial charge in [-0.3, -0.25) is 4.79 Å². The Kier molecular flexibility index (Phi) is 5.20. The van der Waals surface area contributed by atoms with E-state index in [0.717, 1.165) is 10.2 Å². The van der Waals surface area contributed by atoms with Crippen LogP contribution in [0.5, 0.6) is 0 Å². The molecule has 0 saturated heterocycles. The third kappa shape index (κ3) is 3.98. The molecule has 0 aliphatic rings. The minimum absolute atomic E-state index is 0.210. The number of aliphatic carboxylic acids is 1. The van der Waals surface area contributed by atoms with Crippen LogP contribution >= 0.6 is 15.9 Å². The number of amides is 1. The molecule has 0 fully saturated rings. The Morgan fingerprint density at radius 1 is 1.26 bits per heavy atom. The highest BCUT2D eigenvalue weighted by molar-refractivity contribution is 9.10. The zero-order valence-corrected chi connectivity index (χ0v) is 14.7. The fraction of sp³-hybridized carbons (Fsp3) is 0.312.